The van der Waals surface area contributed by atoms with E-state index < -0.39 is 23.2 Å². The highest BCUT2D eigenvalue weighted by molar-refractivity contribution is 5.95. The predicted molar refractivity (Wildman–Crippen MR) is 77.4 cm³/mol. The Kier molecular flexibility index (Phi) is 4.09. The van der Waals surface area contributed by atoms with Gasteiger partial charge in [0.25, 0.3) is 5.91 Å². The lowest BCUT2D eigenvalue weighted by atomic mass is 10.0. The number of halogens is 3. The van der Waals surface area contributed by atoms with Gasteiger partial charge in [-0.1, -0.05) is 42.5 Å². The fourth-order valence-electron chi connectivity index (χ4n) is 2.68. The maximum Gasteiger partial charge on any atom is 0.417 e. The number of benzene rings is 2. The molecule has 1 unspecified atom stereocenters. The van der Waals surface area contributed by atoms with Crippen molar-refractivity contribution in [3.63, 3.8) is 0 Å². The zero-order valence-corrected chi connectivity index (χ0v) is 12.1. The summed E-state index contributed by atoms with van der Waals surface area (Å²) in [5.74, 6) is -0.774. The summed E-state index contributed by atoms with van der Waals surface area (Å²) in [6.45, 7) is 0.291. The minimum absolute atomic E-state index is 0.291. The Hall–Kier alpha value is -2.34. The number of hydroxylamine groups is 2. The molecule has 0 aromatic heterocycles. The number of carbonyl (C=O) groups is 1. The molecule has 23 heavy (non-hydrogen) atoms. The first kappa shape index (κ1) is 15.6. The van der Waals surface area contributed by atoms with Crippen molar-refractivity contribution in [2.45, 2.75) is 18.6 Å². The molecule has 3 nitrogen and oxygen atoms in total. The molecule has 0 aliphatic carbocycles. The fourth-order valence-corrected chi connectivity index (χ4v) is 2.68. The Morgan fingerprint density at radius 1 is 1.04 bits per heavy atom. The second-order valence-electron chi connectivity index (χ2n) is 5.22. The van der Waals surface area contributed by atoms with Gasteiger partial charge in [0, 0.05) is 6.42 Å². The van der Waals surface area contributed by atoms with Gasteiger partial charge < -0.3 is 0 Å². The zero-order valence-electron chi connectivity index (χ0n) is 12.1. The van der Waals surface area contributed by atoms with E-state index in [0.717, 1.165) is 16.7 Å². The molecule has 6 heteroatoms. The van der Waals surface area contributed by atoms with Crippen LogP contribution in [0.3, 0.4) is 0 Å². The van der Waals surface area contributed by atoms with Crippen molar-refractivity contribution in [3.05, 3.63) is 71.3 Å². The molecule has 0 saturated carbocycles. The molecule has 1 amide bonds. The van der Waals surface area contributed by atoms with Gasteiger partial charge >= 0.3 is 6.18 Å². The van der Waals surface area contributed by atoms with Crippen molar-refractivity contribution in [1.82, 2.24) is 5.06 Å². The zero-order chi connectivity index (χ0) is 16.4. The van der Waals surface area contributed by atoms with Gasteiger partial charge in [0.05, 0.1) is 23.8 Å². The van der Waals surface area contributed by atoms with E-state index in [4.69, 9.17) is 4.84 Å². The summed E-state index contributed by atoms with van der Waals surface area (Å²) < 4.78 is 39.3. The second-order valence-corrected chi connectivity index (χ2v) is 5.22. The van der Waals surface area contributed by atoms with Gasteiger partial charge in [0.2, 0.25) is 0 Å². The molecule has 0 N–H and O–H groups in total. The summed E-state index contributed by atoms with van der Waals surface area (Å²) in [7, 11) is 0. The monoisotopic (exact) mass is 321 g/mol. The van der Waals surface area contributed by atoms with Crippen LogP contribution in [0.25, 0.3) is 0 Å². The van der Waals surface area contributed by atoms with Crippen LogP contribution in [0.15, 0.2) is 54.6 Å². The van der Waals surface area contributed by atoms with Crippen LogP contribution in [0, 0.1) is 0 Å². The number of carbonyl (C=O) groups excluding carboxylic acids is 1. The Morgan fingerprint density at radius 2 is 1.70 bits per heavy atom. The van der Waals surface area contributed by atoms with Crippen LogP contribution in [0.4, 0.5) is 13.2 Å². The largest absolute Gasteiger partial charge is 0.417 e. The fraction of sp³-hybridized carbons (Fsp3) is 0.235. The quantitative estimate of drug-likeness (QED) is 0.828. The SMILES string of the molecule is O=C(c1ccccc1C(F)(F)F)N1OCCC1c1ccccc1. The van der Waals surface area contributed by atoms with Crippen molar-refractivity contribution in [1.29, 1.82) is 0 Å². The van der Waals surface area contributed by atoms with E-state index in [0.29, 0.717) is 13.0 Å². The van der Waals surface area contributed by atoms with Crippen LogP contribution in [-0.2, 0) is 11.0 Å². The van der Waals surface area contributed by atoms with Gasteiger partial charge in [-0.05, 0) is 17.7 Å². The molecule has 1 atom stereocenters. The van der Waals surface area contributed by atoms with Crippen molar-refractivity contribution in [3.8, 4) is 0 Å². The van der Waals surface area contributed by atoms with E-state index in [1.54, 1.807) is 0 Å². The van der Waals surface area contributed by atoms with Gasteiger partial charge in [0.1, 0.15) is 0 Å². The smallest absolute Gasteiger partial charge is 0.270 e. The Bertz CT molecular complexity index is 700. The van der Waals surface area contributed by atoms with Crippen LogP contribution in [0.5, 0.6) is 0 Å². The molecule has 0 bridgehead atoms. The van der Waals surface area contributed by atoms with E-state index in [1.165, 1.54) is 18.2 Å². The minimum Gasteiger partial charge on any atom is -0.270 e. The number of nitrogens with zero attached hydrogens (tertiary/aromatic N) is 1. The average molecular weight is 321 g/mol. The van der Waals surface area contributed by atoms with Crippen LogP contribution >= 0.6 is 0 Å². The summed E-state index contributed by atoms with van der Waals surface area (Å²) in [6.07, 6.45) is -4.04. The summed E-state index contributed by atoms with van der Waals surface area (Å²) >= 11 is 0. The van der Waals surface area contributed by atoms with Crippen LogP contribution in [0.1, 0.15) is 33.9 Å². The number of hydrogen-bond acceptors (Lipinski definition) is 2. The lowest BCUT2D eigenvalue weighted by molar-refractivity contribution is -0.139. The first-order valence-corrected chi connectivity index (χ1v) is 7.16. The number of hydrogen-bond donors (Lipinski definition) is 0. The number of rotatable bonds is 2. The molecule has 3 rings (SSSR count). The van der Waals surface area contributed by atoms with Crippen molar-refractivity contribution in [2.24, 2.45) is 0 Å². The molecule has 1 aliphatic rings. The second kappa shape index (κ2) is 6.04. The molecular formula is C17H14F3NO2. The Labute approximate surface area is 131 Å². The lowest BCUT2D eigenvalue weighted by Crippen LogP contribution is -2.31. The van der Waals surface area contributed by atoms with E-state index in [-0.39, 0.29) is 6.04 Å². The topological polar surface area (TPSA) is 29.5 Å². The summed E-state index contributed by atoms with van der Waals surface area (Å²) in [5.41, 5.74) is -0.516. The molecule has 1 fully saturated rings. The maximum atomic E-state index is 13.1. The third kappa shape index (κ3) is 3.07. The standard InChI is InChI=1S/C17H14F3NO2/c18-17(19,20)14-9-5-4-8-13(14)16(22)21-15(10-11-23-21)12-6-2-1-3-7-12/h1-9,15H,10-11H2. The lowest BCUT2D eigenvalue weighted by Gasteiger charge is -2.24. The average Bonchev–Trinajstić information content (AvgIpc) is 3.04. The number of amides is 1. The summed E-state index contributed by atoms with van der Waals surface area (Å²) in [6, 6.07) is 13.5. The molecule has 1 aliphatic heterocycles. The van der Waals surface area contributed by atoms with Crippen LogP contribution in [-0.4, -0.2) is 17.6 Å². The Balaban J connectivity index is 1.95. The molecule has 2 aromatic rings. The van der Waals surface area contributed by atoms with E-state index in [9.17, 15) is 18.0 Å². The van der Waals surface area contributed by atoms with E-state index in [2.05, 4.69) is 0 Å². The molecule has 0 spiro atoms. The summed E-state index contributed by atoms with van der Waals surface area (Å²) in [4.78, 5) is 17.9. The summed E-state index contributed by atoms with van der Waals surface area (Å²) in [5, 5.41) is 1.06. The van der Waals surface area contributed by atoms with Crippen LogP contribution < -0.4 is 0 Å². The van der Waals surface area contributed by atoms with Crippen molar-refractivity contribution >= 4 is 5.91 Å². The molecule has 2 aromatic carbocycles. The number of alkyl halides is 3. The molecule has 1 heterocycles. The highest BCUT2D eigenvalue weighted by atomic mass is 19.4. The van der Waals surface area contributed by atoms with Crippen LogP contribution in [0.2, 0.25) is 0 Å². The third-order valence-electron chi connectivity index (χ3n) is 3.75. The van der Waals surface area contributed by atoms with Gasteiger partial charge in [0.15, 0.2) is 0 Å². The first-order valence-electron chi connectivity index (χ1n) is 7.16. The highest BCUT2D eigenvalue weighted by Crippen LogP contribution is 2.36. The third-order valence-corrected chi connectivity index (χ3v) is 3.75. The molecule has 120 valence electrons. The molecule has 0 radical (unpaired) electrons. The minimum atomic E-state index is -4.59. The predicted octanol–water partition coefficient (Wildman–Crippen LogP) is 4.22. The van der Waals surface area contributed by atoms with Gasteiger partial charge in [-0.2, -0.15) is 13.2 Å². The maximum absolute atomic E-state index is 13.1. The van der Waals surface area contributed by atoms with Crippen molar-refractivity contribution in [2.75, 3.05) is 6.61 Å². The van der Waals surface area contributed by atoms with Gasteiger partial charge in [-0.15, -0.1) is 0 Å². The van der Waals surface area contributed by atoms with Gasteiger partial charge in [-0.25, -0.2) is 5.06 Å². The van der Waals surface area contributed by atoms with E-state index >= 15 is 0 Å². The molecule has 1 saturated heterocycles. The molecular weight excluding hydrogens is 307 g/mol. The van der Waals surface area contributed by atoms with E-state index in [1.807, 2.05) is 30.3 Å². The van der Waals surface area contributed by atoms with Gasteiger partial charge in [-0.3, -0.25) is 9.63 Å². The Morgan fingerprint density at radius 3 is 2.39 bits per heavy atom. The van der Waals surface area contributed by atoms with Crippen molar-refractivity contribution < 1.29 is 22.8 Å². The first-order chi connectivity index (χ1) is 11.0. The normalized spacial score (nSPS) is 18.2. The highest BCUT2D eigenvalue weighted by Gasteiger charge is 2.39.